The molecule has 1 unspecified atom stereocenters. The van der Waals surface area contributed by atoms with Gasteiger partial charge in [-0.3, -0.25) is 14.4 Å². The number of rotatable bonds is 55. The second-order valence-corrected chi connectivity index (χ2v) is 22.5. The van der Waals surface area contributed by atoms with Crippen LogP contribution in [0.1, 0.15) is 343 Å². The monoisotopic (exact) mass is 961 g/mol. The summed E-state index contributed by atoms with van der Waals surface area (Å²) < 4.78 is 16.9. The summed E-state index contributed by atoms with van der Waals surface area (Å²) in [6.45, 7) is 13.8. The molecule has 0 spiro atoms. The molecule has 0 aliphatic carbocycles. The molecule has 0 heterocycles. The highest BCUT2D eigenvalue weighted by Crippen LogP contribution is 2.19. The van der Waals surface area contributed by atoms with Crippen LogP contribution in [0.25, 0.3) is 0 Å². The van der Waals surface area contributed by atoms with Crippen molar-refractivity contribution in [3.05, 3.63) is 0 Å². The van der Waals surface area contributed by atoms with Gasteiger partial charge in [0.25, 0.3) is 0 Å². The first kappa shape index (κ1) is 66.4. The predicted molar refractivity (Wildman–Crippen MR) is 293 cm³/mol. The van der Waals surface area contributed by atoms with Crippen LogP contribution in [0.3, 0.4) is 0 Å². The van der Waals surface area contributed by atoms with Crippen LogP contribution in [0.5, 0.6) is 0 Å². The largest absolute Gasteiger partial charge is 0.462 e. The maximum atomic E-state index is 12.9. The lowest BCUT2D eigenvalue weighted by Gasteiger charge is -2.18. The molecule has 0 rings (SSSR count). The minimum absolute atomic E-state index is 0.0631. The lowest BCUT2D eigenvalue weighted by atomic mass is 9.99. The van der Waals surface area contributed by atoms with E-state index < -0.39 is 6.10 Å². The molecule has 0 N–H and O–H groups in total. The zero-order valence-electron chi connectivity index (χ0n) is 46.9. The molecule has 2 atom stereocenters. The van der Waals surface area contributed by atoms with E-state index in [2.05, 4.69) is 41.5 Å². The van der Waals surface area contributed by atoms with Gasteiger partial charge < -0.3 is 14.2 Å². The van der Waals surface area contributed by atoms with Crippen molar-refractivity contribution in [2.45, 2.75) is 349 Å². The van der Waals surface area contributed by atoms with Crippen molar-refractivity contribution in [3.63, 3.8) is 0 Å². The summed E-state index contributed by atoms with van der Waals surface area (Å²) in [7, 11) is 0. The maximum absolute atomic E-state index is 12.9. The van der Waals surface area contributed by atoms with E-state index in [0.717, 1.165) is 75.5 Å². The molecule has 68 heavy (non-hydrogen) atoms. The average molecular weight is 962 g/mol. The average Bonchev–Trinajstić information content (AvgIpc) is 3.31. The highest BCUT2D eigenvalue weighted by molar-refractivity contribution is 5.71. The minimum Gasteiger partial charge on any atom is -0.462 e. The van der Waals surface area contributed by atoms with Gasteiger partial charge in [-0.05, 0) is 37.0 Å². The number of esters is 3. The Bertz CT molecular complexity index is 1060. The Morgan fingerprint density at radius 3 is 0.765 bits per heavy atom. The lowest BCUT2D eigenvalue weighted by Crippen LogP contribution is -2.30. The molecule has 0 fully saturated rings. The van der Waals surface area contributed by atoms with E-state index in [1.54, 1.807) is 0 Å². The second kappa shape index (κ2) is 53.2. The molecule has 0 radical (unpaired) electrons. The number of carbonyl (C=O) groups is 3. The third-order valence-electron chi connectivity index (χ3n) is 14.5. The number of ether oxygens (including phenoxy) is 3. The zero-order valence-corrected chi connectivity index (χ0v) is 46.9. The summed E-state index contributed by atoms with van der Waals surface area (Å²) in [6, 6.07) is 0. The predicted octanol–water partition coefficient (Wildman–Crippen LogP) is 20.3. The molecule has 0 aromatic rings. The smallest absolute Gasteiger partial charge is 0.306 e. The molecule has 0 aliphatic heterocycles. The fraction of sp³-hybridized carbons (Fsp3) is 0.952. The number of unbranched alkanes of at least 4 members (excludes halogenated alkanes) is 37. The van der Waals surface area contributed by atoms with E-state index in [-0.39, 0.29) is 31.1 Å². The molecule has 6 nitrogen and oxygen atoms in total. The van der Waals surface area contributed by atoms with Crippen LogP contribution in [-0.4, -0.2) is 37.2 Å². The molecule has 6 heteroatoms. The van der Waals surface area contributed by atoms with E-state index in [4.69, 9.17) is 14.2 Å². The Hall–Kier alpha value is -1.59. The molecule has 0 aromatic carbocycles. The highest BCUT2D eigenvalue weighted by atomic mass is 16.6. The third-order valence-corrected chi connectivity index (χ3v) is 14.5. The van der Waals surface area contributed by atoms with Gasteiger partial charge in [-0.2, -0.15) is 0 Å². The van der Waals surface area contributed by atoms with E-state index in [0.29, 0.717) is 19.3 Å². The van der Waals surface area contributed by atoms with Gasteiger partial charge in [0.15, 0.2) is 6.10 Å². The quantitative estimate of drug-likeness (QED) is 0.0343. The van der Waals surface area contributed by atoms with E-state index in [1.807, 2.05) is 0 Å². The molecule has 0 saturated carbocycles. The Morgan fingerprint density at radius 1 is 0.294 bits per heavy atom. The number of hydrogen-bond donors (Lipinski definition) is 0. The molecular formula is C62H120O6. The Kier molecular flexibility index (Phi) is 52.0. The van der Waals surface area contributed by atoms with Crippen molar-refractivity contribution in [1.82, 2.24) is 0 Å². The Labute approximate surface area is 425 Å². The van der Waals surface area contributed by atoms with Crippen LogP contribution < -0.4 is 0 Å². The Morgan fingerprint density at radius 2 is 0.515 bits per heavy atom. The van der Waals surface area contributed by atoms with E-state index in [1.165, 1.54) is 225 Å². The van der Waals surface area contributed by atoms with E-state index >= 15 is 0 Å². The van der Waals surface area contributed by atoms with Crippen molar-refractivity contribution in [3.8, 4) is 0 Å². The molecule has 0 saturated heterocycles. The topological polar surface area (TPSA) is 78.9 Å². The molecule has 0 aromatic heterocycles. The van der Waals surface area contributed by atoms with E-state index in [9.17, 15) is 14.4 Å². The first-order valence-corrected chi connectivity index (χ1v) is 30.6. The van der Waals surface area contributed by atoms with Crippen LogP contribution in [-0.2, 0) is 28.6 Å². The fourth-order valence-electron chi connectivity index (χ4n) is 9.50. The van der Waals surface area contributed by atoms with Gasteiger partial charge in [-0.25, -0.2) is 0 Å². The normalized spacial score (nSPS) is 12.5. The third kappa shape index (κ3) is 53.8. The summed E-state index contributed by atoms with van der Waals surface area (Å²) in [5.74, 6) is 1.73. The van der Waals surface area contributed by atoms with Crippen LogP contribution in [0.15, 0.2) is 0 Å². The van der Waals surface area contributed by atoms with Gasteiger partial charge in [0.1, 0.15) is 13.2 Å². The van der Waals surface area contributed by atoms with Gasteiger partial charge in [0.05, 0.1) is 0 Å². The SMILES string of the molecule is CCC(C)CCCCCCCCCCCCC(=O)OC[C@@H](COC(=O)CCCCCCCCCCCCCCCCC(C)C)OC(=O)CCCCCCCCCCCCCCCCCCC(C)C. The molecule has 0 bridgehead atoms. The van der Waals surface area contributed by atoms with Crippen molar-refractivity contribution in [2.24, 2.45) is 17.8 Å². The summed E-state index contributed by atoms with van der Waals surface area (Å²) >= 11 is 0. The van der Waals surface area contributed by atoms with Crippen LogP contribution in [0.4, 0.5) is 0 Å². The molecule has 404 valence electrons. The van der Waals surface area contributed by atoms with Gasteiger partial charge in [-0.1, -0.05) is 305 Å². The van der Waals surface area contributed by atoms with Crippen LogP contribution in [0.2, 0.25) is 0 Å². The van der Waals surface area contributed by atoms with Crippen molar-refractivity contribution in [2.75, 3.05) is 13.2 Å². The van der Waals surface area contributed by atoms with Crippen LogP contribution >= 0.6 is 0 Å². The fourth-order valence-corrected chi connectivity index (χ4v) is 9.50. The van der Waals surface area contributed by atoms with Crippen molar-refractivity contribution < 1.29 is 28.6 Å². The first-order valence-electron chi connectivity index (χ1n) is 30.6. The molecular weight excluding hydrogens is 841 g/mol. The summed E-state index contributed by atoms with van der Waals surface area (Å²) in [6.07, 6.45) is 56.6. The summed E-state index contributed by atoms with van der Waals surface area (Å²) in [5, 5.41) is 0. The maximum Gasteiger partial charge on any atom is 0.306 e. The highest BCUT2D eigenvalue weighted by Gasteiger charge is 2.19. The van der Waals surface area contributed by atoms with Gasteiger partial charge in [0.2, 0.25) is 0 Å². The van der Waals surface area contributed by atoms with Gasteiger partial charge in [-0.15, -0.1) is 0 Å². The summed E-state index contributed by atoms with van der Waals surface area (Å²) in [5.41, 5.74) is 0. The van der Waals surface area contributed by atoms with Gasteiger partial charge >= 0.3 is 17.9 Å². The second-order valence-electron chi connectivity index (χ2n) is 22.5. The van der Waals surface area contributed by atoms with Crippen molar-refractivity contribution >= 4 is 17.9 Å². The van der Waals surface area contributed by atoms with Gasteiger partial charge in [0, 0.05) is 19.3 Å². The minimum atomic E-state index is -0.764. The zero-order chi connectivity index (χ0) is 49.8. The first-order chi connectivity index (χ1) is 33.1. The number of carbonyl (C=O) groups excluding carboxylic acids is 3. The number of hydrogen-bond acceptors (Lipinski definition) is 6. The van der Waals surface area contributed by atoms with Crippen LogP contribution in [0, 0.1) is 17.8 Å². The molecule has 0 aliphatic rings. The lowest BCUT2D eigenvalue weighted by molar-refractivity contribution is -0.167. The standard InChI is InChI=1S/C62H120O6/c1-7-58(6)50-44-38-32-26-22-23-28-34-40-46-52-61(64)67-55-59(54-66-60(63)51-45-39-33-27-20-16-13-12-15-19-25-31-37-43-49-57(4)5)68-62(65)53-47-41-35-29-21-17-11-9-8-10-14-18-24-30-36-42-48-56(2)3/h56-59H,7-55H2,1-6H3/t58?,59-/m1/s1. The summed E-state index contributed by atoms with van der Waals surface area (Å²) in [4.78, 5) is 38.2. The van der Waals surface area contributed by atoms with Crippen molar-refractivity contribution in [1.29, 1.82) is 0 Å². The Balaban J connectivity index is 4.30. The molecule has 0 amide bonds.